The van der Waals surface area contributed by atoms with Crippen molar-refractivity contribution in [3.8, 4) is 0 Å². The Hall–Kier alpha value is -2.48. The maximum absolute atomic E-state index is 14.1. The van der Waals surface area contributed by atoms with E-state index in [9.17, 15) is 28.3 Å². The zero-order chi connectivity index (χ0) is 23.4. The highest BCUT2D eigenvalue weighted by molar-refractivity contribution is 5.91. The molecule has 0 aromatic carbocycles. The Labute approximate surface area is 176 Å². The largest absolute Gasteiger partial charge is 0.456 e. The monoisotopic (exact) mass is 448 g/mol. The number of rotatable bonds is 8. The van der Waals surface area contributed by atoms with E-state index in [1.807, 2.05) is 20.8 Å². The summed E-state index contributed by atoms with van der Waals surface area (Å²) < 4.78 is 38.4. The number of aromatic nitrogens is 2. The van der Waals surface area contributed by atoms with Gasteiger partial charge in [-0.2, -0.15) is 13.8 Å². The molecule has 0 bridgehead atoms. The minimum Gasteiger partial charge on any atom is -0.456 e. The number of carbonyl (C=O) groups is 2. The van der Waals surface area contributed by atoms with Crippen molar-refractivity contribution in [2.24, 2.45) is 0 Å². The highest BCUT2D eigenvalue weighted by Gasteiger charge is 2.59. The van der Waals surface area contributed by atoms with Gasteiger partial charge >= 0.3 is 17.6 Å². The van der Waals surface area contributed by atoms with Gasteiger partial charge in [0, 0.05) is 18.3 Å². The van der Waals surface area contributed by atoms with Crippen molar-refractivity contribution in [2.45, 2.75) is 57.1 Å². The fourth-order valence-corrected chi connectivity index (χ4v) is 2.72. The number of amides is 1. The SMILES string of the molecule is CC(C)(C)NCCC(=O)OCC(=O)Nc1ccn([C@@H]2O[C@H](CO)[C@@H](O)C2(F)F)c(=O)n1. The number of alkyl halides is 2. The molecule has 1 aromatic rings. The first kappa shape index (κ1) is 24.8. The third kappa shape index (κ3) is 6.50. The Bertz CT molecular complexity index is 856. The molecule has 4 N–H and O–H groups in total. The number of esters is 1. The first-order valence-corrected chi connectivity index (χ1v) is 9.47. The summed E-state index contributed by atoms with van der Waals surface area (Å²) in [7, 11) is 0. The van der Waals surface area contributed by atoms with Gasteiger partial charge in [-0.25, -0.2) is 4.79 Å². The smallest absolute Gasteiger partial charge is 0.351 e. The molecule has 0 unspecified atom stereocenters. The highest BCUT2D eigenvalue weighted by atomic mass is 19.3. The van der Waals surface area contributed by atoms with E-state index in [0.717, 1.165) is 12.3 Å². The predicted octanol–water partition coefficient (Wildman–Crippen LogP) is -0.611. The van der Waals surface area contributed by atoms with Crippen LogP contribution in [0, 0.1) is 0 Å². The number of hydrogen-bond donors (Lipinski definition) is 4. The Balaban J connectivity index is 1.92. The van der Waals surface area contributed by atoms with Gasteiger partial charge in [0.05, 0.1) is 13.0 Å². The van der Waals surface area contributed by atoms with Gasteiger partial charge in [0.2, 0.25) is 6.23 Å². The van der Waals surface area contributed by atoms with E-state index in [-0.39, 0.29) is 17.8 Å². The Kier molecular flexibility index (Phi) is 7.81. The normalized spacial score (nSPS) is 22.9. The Morgan fingerprint density at radius 1 is 1.39 bits per heavy atom. The fourth-order valence-electron chi connectivity index (χ4n) is 2.72. The van der Waals surface area contributed by atoms with Gasteiger partial charge in [0.25, 0.3) is 5.91 Å². The molecule has 0 saturated carbocycles. The van der Waals surface area contributed by atoms with Crippen molar-refractivity contribution in [2.75, 3.05) is 25.1 Å². The molecule has 3 atom stereocenters. The molecule has 0 radical (unpaired) electrons. The number of ether oxygens (including phenoxy) is 2. The van der Waals surface area contributed by atoms with Gasteiger partial charge in [-0.05, 0) is 26.8 Å². The van der Waals surface area contributed by atoms with Gasteiger partial charge in [-0.3, -0.25) is 14.2 Å². The second-order valence-electron chi connectivity index (χ2n) is 7.97. The number of nitrogens with zero attached hydrogens (tertiary/aromatic N) is 2. The van der Waals surface area contributed by atoms with Crippen molar-refractivity contribution in [3.05, 3.63) is 22.7 Å². The molecule has 1 fully saturated rings. The lowest BCUT2D eigenvalue weighted by molar-refractivity contribution is -0.147. The summed E-state index contributed by atoms with van der Waals surface area (Å²) in [5, 5.41) is 23.8. The van der Waals surface area contributed by atoms with Crippen LogP contribution < -0.4 is 16.3 Å². The number of halogens is 2. The number of hydrogen-bond acceptors (Lipinski definition) is 9. The molecule has 1 aromatic heterocycles. The molecule has 11 nitrogen and oxygen atoms in total. The topological polar surface area (TPSA) is 152 Å². The van der Waals surface area contributed by atoms with Crippen LogP contribution in [0.2, 0.25) is 0 Å². The summed E-state index contributed by atoms with van der Waals surface area (Å²) in [6.07, 6.45) is -5.09. The molecule has 0 aliphatic carbocycles. The van der Waals surface area contributed by atoms with Crippen LogP contribution in [0.4, 0.5) is 14.6 Å². The van der Waals surface area contributed by atoms with Crippen LogP contribution in [0.5, 0.6) is 0 Å². The number of carbonyl (C=O) groups excluding carboxylic acids is 2. The number of anilines is 1. The number of aliphatic hydroxyl groups excluding tert-OH is 2. The van der Waals surface area contributed by atoms with Crippen LogP contribution in [-0.4, -0.2) is 75.1 Å². The standard InChI is InChI=1S/C18H26F2N4O7/c1-17(2,3)21-6-4-13(27)30-9-12(26)22-11-5-7-24(16(29)23-11)15-18(19,20)14(28)10(8-25)31-15/h5,7,10,14-15,21,25,28H,4,6,8-9H2,1-3H3,(H,22,23,26,29)/t10-,14-,15-/m1/s1. The van der Waals surface area contributed by atoms with Crippen LogP contribution in [0.3, 0.4) is 0 Å². The summed E-state index contributed by atoms with van der Waals surface area (Å²) in [6.45, 7) is 4.67. The lowest BCUT2D eigenvalue weighted by Crippen LogP contribution is -2.41. The lowest BCUT2D eigenvalue weighted by Gasteiger charge is -2.21. The van der Waals surface area contributed by atoms with Crippen molar-refractivity contribution in [3.63, 3.8) is 0 Å². The molecule has 13 heteroatoms. The Morgan fingerprint density at radius 2 is 2.06 bits per heavy atom. The van der Waals surface area contributed by atoms with Crippen LogP contribution in [0.25, 0.3) is 0 Å². The van der Waals surface area contributed by atoms with Gasteiger partial charge < -0.3 is 30.3 Å². The van der Waals surface area contributed by atoms with Gasteiger partial charge in [-0.1, -0.05) is 0 Å². The molecule has 1 amide bonds. The summed E-state index contributed by atoms with van der Waals surface area (Å²) in [6, 6.07) is 1.06. The number of nitrogens with one attached hydrogen (secondary N) is 2. The molecular formula is C18H26F2N4O7. The van der Waals surface area contributed by atoms with Crippen molar-refractivity contribution >= 4 is 17.7 Å². The second kappa shape index (κ2) is 9.77. The zero-order valence-electron chi connectivity index (χ0n) is 17.3. The first-order chi connectivity index (χ1) is 14.3. The molecular weight excluding hydrogens is 422 g/mol. The van der Waals surface area contributed by atoms with Crippen LogP contribution >= 0.6 is 0 Å². The van der Waals surface area contributed by atoms with E-state index in [2.05, 4.69) is 15.6 Å². The molecule has 0 spiro atoms. The maximum Gasteiger partial charge on any atom is 0.351 e. The maximum atomic E-state index is 14.1. The van der Waals surface area contributed by atoms with Crippen LogP contribution in [-0.2, 0) is 19.1 Å². The van der Waals surface area contributed by atoms with Gasteiger partial charge in [-0.15, -0.1) is 0 Å². The summed E-state index contributed by atoms with van der Waals surface area (Å²) in [5.74, 6) is -5.48. The third-order valence-electron chi connectivity index (χ3n) is 4.26. The minimum absolute atomic E-state index is 0.0507. The molecule has 2 heterocycles. The van der Waals surface area contributed by atoms with E-state index >= 15 is 0 Å². The molecule has 1 saturated heterocycles. The predicted molar refractivity (Wildman–Crippen MR) is 102 cm³/mol. The molecule has 1 aliphatic rings. The second-order valence-corrected chi connectivity index (χ2v) is 7.97. The summed E-state index contributed by atoms with van der Waals surface area (Å²) in [4.78, 5) is 39.1. The average Bonchev–Trinajstić information content (AvgIpc) is 2.88. The van der Waals surface area contributed by atoms with E-state index in [0.29, 0.717) is 11.1 Å². The van der Waals surface area contributed by atoms with Crippen molar-refractivity contribution in [1.29, 1.82) is 0 Å². The number of aliphatic hydroxyl groups is 2. The quantitative estimate of drug-likeness (QED) is 0.382. The zero-order valence-corrected chi connectivity index (χ0v) is 17.3. The van der Waals surface area contributed by atoms with Crippen molar-refractivity contribution < 1.29 is 38.1 Å². The lowest BCUT2D eigenvalue weighted by atomic mass is 10.1. The van der Waals surface area contributed by atoms with Crippen molar-refractivity contribution in [1.82, 2.24) is 14.9 Å². The van der Waals surface area contributed by atoms with Crippen LogP contribution in [0.1, 0.15) is 33.4 Å². The Morgan fingerprint density at radius 3 is 2.61 bits per heavy atom. The third-order valence-corrected chi connectivity index (χ3v) is 4.26. The average molecular weight is 448 g/mol. The molecule has 1 aliphatic heterocycles. The highest BCUT2D eigenvalue weighted by Crippen LogP contribution is 2.41. The van der Waals surface area contributed by atoms with E-state index in [1.165, 1.54) is 0 Å². The van der Waals surface area contributed by atoms with E-state index in [1.54, 1.807) is 0 Å². The van der Waals surface area contributed by atoms with Crippen LogP contribution in [0.15, 0.2) is 17.1 Å². The molecule has 174 valence electrons. The van der Waals surface area contributed by atoms with E-state index < -0.39 is 55.1 Å². The van der Waals surface area contributed by atoms with Gasteiger partial charge in [0.1, 0.15) is 11.9 Å². The van der Waals surface area contributed by atoms with Gasteiger partial charge in [0.15, 0.2) is 12.7 Å². The fraction of sp³-hybridized carbons (Fsp3) is 0.667. The molecule has 31 heavy (non-hydrogen) atoms. The summed E-state index contributed by atoms with van der Waals surface area (Å²) in [5.41, 5.74) is -1.35. The summed E-state index contributed by atoms with van der Waals surface area (Å²) >= 11 is 0. The minimum atomic E-state index is -3.85. The van der Waals surface area contributed by atoms with E-state index in [4.69, 9.17) is 14.6 Å². The first-order valence-electron chi connectivity index (χ1n) is 9.47. The molecule has 2 rings (SSSR count).